The smallest absolute Gasteiger partial charge is 0.253 e. The number of amides is 1. The molecule has 0 spiro atoms. The van der Waals surface area contributed by atoms with Gasteiger partial charge in [0.2, 0.25) is 0 Å². The molecule has 1 amide bonds. The molecule has 23 heavy (non-hydrogen) atoms. The third-order valence-electron chi connectivity index (χ3n) is 3.88. The van der Waals surface area contributed by atoms with Gasteiger partial charge in [0.05, 0.1) is 29.0 Å². The highest BCUT2D eigenvalue weighted by Crippen LogP contribution is 2.19. The standard InChI is InChI=1S/C18H20N4O/c1-12-5-4-6-15-11-16(14(3)20-17(12)15)18(23)19-8-10-22-9-7-13(2)21-22/h4-7,9,11H,8,10H2,1-3H3,(H,19,23). The quantitative estimate of drug-likeness (QED) is 0.806. The lowest BCUT2D eigenvalue weighted by molar-refractivity contribution is 0.0951. The van der Waals surface area contributed by atoms with Crippen molar-refractivity contribution in [3.05, 3.63) is 59.0 Å². The highest BCUT2D eigenvalue weighted by Gasteiger charge is 2.12. The van der Waals surface area contributed by atoms with E-state index in [0.717, 1.165) is 27.9 Å². The molecule has 0 fully saturated rings. The van der Waals surface area contributed by atoms with E-state index in [-0.39, 0.29) is 5.91 Å². The number of benzene rings is 1. The van der Waals surface area contributed by atoms with Crippen molar-refractivity contribution >= 4 is 16.8 Å². The zero-order valence-electron chi connectivity index (χ0n) is 13.6. The largest absolute Gasteiger partial charge is 0.350 e. The minimum Gasteiger partial charge on any atom is -0.350 e. The van der Waals surface area contributed by atoms with Crippen molar-refractivity contribution in [1.82, 2.24) is 20.1 Å². The Hall–Kier alpha value is -2.69. The number of rotatable bonds is 4. The Morgan fingerprint density at radius 1 is 1.22 bits per heavy atom. The molecule has 2 aromatic heterocycles. The van der Waals surface area contributed by atoms with Crippen LogP contribution in [0, 0.1) is 20.8 Å². The number of aromatic nitrogens is 3. The van der Waals surface area contributed by atoms with E-state index in [2.05, 4.69) is 15.4 Å². The highest BCUT2D eigenvalue weighted by molar-refractivity contribution is 5.99. The molecular weight excluding hydrogens is 288 g/mol. The van der Waals surface area contributed by atoms with Gasteiger partial charge in [-0.25, -0.2) is 0 Å². The van der Waals surface area contributed by atoms with Crippen LogP contribution in [0.2, 0.25) is 0 Å². The lowest BCUT2D eigenvalue weighted by Crippen LogP contribution is -2.28. The molecular formula is C18H20N4O. The highest BCUT2D eigenvalue weighted by atomic mass is 16.1. The van der Waals surface area contributed by atoms with Crippen LogP contribution < -0.4 is 5.32 Å². The molecule has 3 rings (SSSR count). The Bertz CT molecular complexity index is 867. The van der Waals surface area contributed by atoms with Crippen molar-refractivity contribution in [2.24, 2.45) is 0 Å². The van der Waals surface area contributed by atoms with E-state index in [1.165, 1.54) is 0 Å². The zero-order chi connectivity index (χ0) is 16.4. The van der Waals surface area contributed by atoms with Crippen molar-refractivity contribution < 1.29 is 4.79 Å². The number of carbonyl (C=O) groups excluding carboxylic acids is 1. The number of aryl methyl sites for hydroxylation is 3. The molecule has 3 aromatic rings. The second kappa shape index (κ2) is 6.20. The monoisotopic (exact) mass is 308 g/mol. The topological polar surface area (TPSA) is 59.8 Å². The average Bonchev–Trinajstić information content (AvgIpc) is 2.93. The number of nitrogens with zero attached hydrogens (tertiary/aromatic N) is 3. The van der Waals surface area contributed by atoms with Gasteiger partial charge in [0, 0.05) is 18.1 Å². The van der Waals surface area contributed by atoms with Gasteiger partial charge in [0.1, 0.15) is 0 Å². The molecule has 118 valence electrons. The van der Waals surface area contributed by atoms with E-state index in [9.17, 15) is 4.79 Å². The maximum atomic E-state index is 12.4. The van der Waals surface area contributed by atoms with Gasteiger partial charge in [-0.3, -0.25) is 14.5 Å². The molecule has 0 unspecified atom stereocenters. The first-order chi connectivity index (χ1) is 11.0. The lowest BCUT2D eigenvalue weighted by Gasteiger charge is -2.10. The summed E-state index contributed by atoms with van der Waals surface area (Å²) in [6, 6.07) is 9.86. The number of fused-ring (bicyclic) bond motifs is 1. The van der Waals surface area contributed by atoms with Crippen LogP contribution in [0.4, 0.5) is 0 Å². The Balaban J connectivity index is 1.74. The fourth-order valence-corrected chi connectivity index (χ4v) is 2.64. The molecule has 0 aliphatic heterocycles. The summed E-state index contributed by atoms with van der Waals surface area (Å²) < 4.78 is 1.82. The third-order valence-corrected chi connectivity index (χ3v) is 3.88. The summed E-state index contributed by atoms with van der Waals surface area (Å²) in [6.07, 6.45) is 1.91. The van der Waals surface area contributed by atoms with Crippen molar-refractivity contribution in [2.45, 2.75) is 27.3 Å². The molecule has 0 aliphatic rings. The van der Waals surface area contributed by atoms with Gasteiger partial charge < -0.3 is 5.32 Å². The summed E-state index contributed by atoms with van der Waals surface area (Å²) >= 11 is 0. The van der Waals surface area contributed by atoms with Crippen LogP contribution in [0.1, 0.15) is 27.3 Å². The molecule has 0 bridgehead atoms. The number of hydrogen-bond donors (Lipinski definition) is 1. The minimum atomic E-state index is -0.0951. The second-order valence-corrected chi connectivity index (χ2v) is 5.74. The molecule has 2 heterocycles. The Kier molecular flexibility index (Phi) is 4.10. The molecule has 1 N–H and O–H groups in total. The molecule has 5 heteroatoms. The lowest BCUT2D eigenvalue weighted by atomic mass is 10.1. The van der Waals surface area contributed by atoms with Crippen LogP contribution in [0.5, 0.6) is 0 Å². The van der Waals surface area contributed by atoms with Crippen LogP contribution in [-0.2, 0) is 6.54 Å². The first-order valence-electron chi connectivity index (χ1n) is 7.70. The van der Waals surface area contributed by atoms with Crippen molar-refractivity contribution in [1.29, 1.82) is 0 Å². The number of nitrogens with one attached hydrogen (secondary N) is 1. The van der Waals surface area contributed by atoms with Crippen LogP contribution in [0.3, 0.4) is 0 Å². The van der Waals surface area contributed by atoms with Crippen LogP contribution in [0.25, 0.3) is 10.9 Å². The molecule has 0 saturated heterocycles. The number of pyridine rings is 1. The Labute approximate surface area is 135 Å². The van der Waals surface area contributed by atoms with Crippen LogP contribution >= 0.6 is 0 Å². The van der Waals surface area contributed by atoms with Gasteiger partial charge in [-0.05, 0) is 38.5 Å². The van der Waals surface area contributed by atoms with Crippen molar-refractivity contribution in [3.8, 4) is 0 Å². The van der Waals surface area contributed by atoms with Gasteiger partial charge in [0.25, 0.3) is 5.91 Å². The van der Waals surface area contributed by atoms with Gasteiger partial charge in [-0.1, -0.05) is 18.2 Å². The normalized spacial score (nSPS) is 10.9. The maximum Gasteiger partial charge on any atom is 0.253 e. The molecule has 0 radical (unpaired) electrons. The summed E-state index contributed by atoms with van der Waals surface area (Å²) in [7, 11) is 0. The first-order valence-corrected chi connectivity index (χ1v) is 7.70. The predicted octanol–water partition coefficient (Wildman–Crippen LogP) is 2.79. The number of hydrogen-bond acceptors (Lipinski definition) is 3. The maximum absolute atomic E-state index is 12.4. The molecule has 0 saturated carbocycles. The number of carbonyl (C=O) groups is 1. The summed E-state index contributed by atoms with van der Waals surface area (Å²) in [6.45, 7) is 7.03. The van der Waals surface area contributed by atoms with Crippen LogP contribution in [-0.4, -0.2) is 27.2 Å². The first kappa shape index (κ1) is 15.2. The second-order valence-electron chi connectivity index (χ2n) is 5.74. The van der Waals surface area contributed by atoms with E-state index < -0.39 is 0 Å². The third kappa shape index (κ3) is 3.23. The van der Waals surface area contributed by atoms with E-state index >= 15 is 0 Å². The average molecular weight is 308 g/mol. The zero-order valence-corrected chi connectivity index (χ0v) is 13.6. The minimum absolute atomic E-state index is 0.0951. The summed E-state index contributed by atoms with van der Waals surface area (Å²) in [5.74, 6) is -0.0951. The summed E-state index contributed by atoms with van der Waals surface area (Å²) in [4.78, 5) is 17.0. The van der Waals surface area contributed by atoms with E-state index in [0.29, 0.717) is 18.7 Å². The predicted molar refractivity (Wildman–Crippen MR) is 90.5 cm³/mol. The van der Waals surface area contributed by atoms with E-state index in [1.807, 2.05) is 62.0 Å². The fourth-order valence-electron chi connectivity index (χ4n) is 2.64. The SMILES string of the molecule is Cc1ccn(CCNC(=O)c2cc3cccc(C)c3nc2C)n1. The van der Waals surface area contributed by atoms with Gasteiger partial charge in [-0.2, -0.15) is 5.10 Å². The fraction of sp³-hybridized carbons (Fsp3) is 0.278. The van der Waals surface area contributed by atoms with Crippen molar-refractivity contribution in [3.63, 3.8) is 0 Å². The van der Waals surface area contributed by atoms with Gasteiger partial charge in [0.15, 0.2) is 0 Å². The summed E-state index contributed by atoms with van der Waals surface area (Å²) in [5, 5.41) is 8.23. The van der Waals surface area contributed by atoms with Gasteiger partial charge in [-0.15, -0.1) is 0 Å². The van der Waals surface area contributed by atoms with E-state index in [1.54, 1.807) is 0 Å². The summed E-state index contributed by atoms with van der Waals surface area (Å²) in [5.41, 5.74) is 4.42. The number of para-hydroxylation sites is 1. The molecule has 1 aromatic carbocycles. The van der Waals surface area contributed by atoms with Crippen molar-refractivity contribution in [2.75, 3.05) is 6.54 Å². The van der Waals surface area contributed by atoms with Gasteiger partial charge >= 0.3 is 0 Å². The molecule has 0 aliphatic carbocycles. The molecule has 0 atom stereocenters. The Morgan fingerprint density at radius 3 is 2.78 bits per heavy atom. The molecule has 5 nitrogen and oxygen atoms in total. The van der Waals surface area contributed by atoms with Crippen LogP contribution in [0.15, 0.2) is 36.5 Å². The Morgan fingerprint density at radius 2 is 2.04 bits per heavy atom. The van der Waals surface area contributed by atoms with E-state index in [4.69, 9.17) is 0 Å².